The molecule has 0 spiro atoms. The van der Waals surface area contributed by atoms with Crippen LogP contribution in [0.2, 0.25) is 0 Å². The Morgan fingerprint density at radius 3 is 2.65 bits per heavy atom. The fourth-order valence-electron chi connectivity index (χ4n) is 2.64. The Hall–Kier alpha value is -1.73. The molecule has 1 fully saturated rings. The van der Waals surface area contributed by atoms with Gasteiger partial charge in [-0.1, -0.05) is 24.3 Å². The Kier molecular flexibility index (Phi) is 6.43. The van der Waals surface area contributed by atoms with Crippen LogP contribution in [-0.4, -0.2) is 24.0 Å². The third-order valence-corrected chi connectivity index (χ3v) is 7.04. The molecule has 7 heteroatoms. The van der Waals surface area contributed by atoms with Crippen molar-refractivity contribution in [3.63, 3.8) is 0 Å². The number of carbonyl (C=O) groups is 1. The van der Waals surface area contributed by atoms with Crippen LogP contribution in [0.4, 0.5) is 8.78 Å². The molecule has 0 radical (unpaired) electrons. The molecule has 26 heavy (non-hydrogen) atoms. The van der Waals surface area contributed by atoms with Crippen molar-refractivity contribution in [3.05, 3.63) is 65.2 Å². The standard InChI is InChI=1S/C19H19F2NO2S2/c1-12(13-6-7-15(20)16(21)10-13)22-18(23)11-24-17-5-3-2-4-14(17)19-25-8-9-26-19/h2-7,10,12,19H,8-9,11H2,1H3,(H,22,23). The van der Waals surface area contributed by atoms with Crippen molar-refractivity contribution in [2.75, 3.05) is 18.1 Å². The largest absolute Gasteiger partial charge is 0.483 e. The number of hydrogen-bond donors (Lipinski definition) is 1. The Morgan fingerprint density at radius 2 is 1.92 bits per heavy atom. The van der Waals surface area contributed by atoms with Gasteiger partial charge in [-0.25, -0.2) is 8.78 Å². The van der Waals surface area contributed by atoms with Crippen LogP contribution < -0.4 is 10.1 Å². The van der Waals surface area contributed by atoms with Gasteiger partial charge >= 0.3 is 0 Å². The highest BCUT2D eigenvalue weighted by atomic mass is 32.2. The van der Waals surface area contributed by atoms with Gasteiger partial charge in [0.05, 0.1) is 10.6 Å². The molecule has 0 aliphatic carbocycles. The van der Waals surface area contributed by atoms with Gasteiger partial charge in [0, 0.05) is 17.1 Å². The summed E-state index contributed by atoms with van der Waals surface area (Å²) in [6, 6.07) is 10.9. The minimum absolute atomic E-state index is 0.132. The zero-order valence-electron chi connectivity index (χ0n) is 14.2. The van der Waals surface area contributed by atoms with Crippen molar-refractivity contribution in [3.8, 4) is 5.75 Å². The van der Waals surface area contributed by atoms with Crippen molar-refractivity contribution < 1.29 is 18.3 Å². The van der Waals surface area contributed by atoms with Crippen LogP contribution in [0, 0.1) is 11.6 Å². The van der Waals surface area contributed by atoms with E-state index >= 15 is 0 Å². The molecule has 0 saturated carbocycles. The van der Waals surface area contributed by atoms with Crippen molar-refractivity contribution in [2.24, 2.45) is 0 Å². The van der Waals surface area contributed by atoms with Crippen LogP contribution in [-0.2, 0) is 4.79 Å². The van der Waals surface area contributed by atoms with Gasteiger partial charge in [0.25, 0.3) is 5.91 Å². The lowest BCUT2D eigenvalue weighted by molar-refractivity contribution is -0.123. The monoisotopic (exact) mass is 395 g/mol. The van der Waals surface area contributed by atoms with Crippen molar-refractivity contribution in [2.45, 2.75) is 17.5 Å². The van der Waals surface area contributed by atoms with Gasteiger partial charge in [0.2, 0.25) is 0 Å². The van der Waals surface area contributed by atoms with Crippen molar-refractivity contribution in [1.29, 1.82) is 0 Å². The highest BCUT2D eigenvalue weighted by molar-refractivity contribution is 8.19. The minimum atomic E-state index is -0.930. The second-order valence-electron chi connectivity index (χ2n) is 5.86. The average Bonchev–Trinajstić information content (AvgIpc) is 3.17. The molecule has 1 atom stereocenters. The number of para-hydroxylation sites is 1. The lowest BCUT2D eigenvalue weighted by Crippen LogP contribution is -2.31. The Bertz CT molecular complexity index is 782. The van der Waals surface area contributed by atoms with E-state index in [0.29, 0.717) is 15.9 Å². The molecule has 1 saturated heterocycles. The second-order valence-corrected chi connectivity index (χ2v) is 8.59. The molecule has 1 aliphatic heterocycles. The molecule has 1 aliphatic rings. The summed E-state index contributed by atoms with van der Waals surface area (Å²) in [4.78, 5) is 12.2. The molecular weight excluding hydrogens is 376 g/mol. The number of carbonyl (C=O) groups excluding carboxylic acids is 1. The molecule has 3 nitrogen and oxygen atoms in total. The zero-order chi connectivity index (χ0) is 18.5. The fourth-order valence-corrected chi connectivity index (χ4v) is 5.54. The van der Waals surface area contributed by atoms with Gasteiger partial charge < -0.3 is 10.1 Å². The first-order valence-corrected chi connectivity index (χ1v) is 10.3. The first kappa shape index (κ1) is 19.0. The van der Waals surface area contributed by atoms with Gasteiger partial charge in [0.1, 0.15) is 5.75 Å². The molecule has 1 amide bonds. The van der Waals surface area contributed by atoms with Gasteiger partial charge in [-0.05, 0) is 30.7 Å². The second kappa shape index (κ2) is 8.77. The molecule has 1 heterocycles. The van der Waals surface area contributed by atoms with Gasteiger partial charge in [0.15, 0.2) is 18.2 Å². The zero-order valence-corrected chi connectivity index (χ0v) is 15.8. The minimum Gasteiger partial charge on any atom is -0.483 e. The summed E-state index contributed by atoms with van der Waals surface area (Å²) in [5.74, 6) is 0.764. The number of rotatable bonds is 6. The van der Waals surface area contributed by atoms with Gasteiger partial charge in [-0.3, -0.25) is 4.79 Å². The Labute approximate surface area is 159 Å². The molecule has 138 valence electrons. The number of amides is 1. The van der Waals surface area contributed by atoms with Crippen LogP contribution in [0.25, 0.3) is 0 Å². The molecule has 3 rings (SSSR count). The number of benzene rings is 2. The number of thioether (sulfide) groups is 2. The number of halogens is 2. The molecule has 2 aromatic carbocycles. The lowest BCUT2D eigenvalue weighted by atomic mass is 10.1. The summed E-state index contributed by atoms with van der Waals surface area (Å²) in [7, 11) is 0. The van der Waals surface area contributed by atoms with E-state index in [1.165, 1.54) is 6.07 Å². The molecule has 0 aromatic heterocycles. The number of hydrogen-bond acceptors (Lipinski definition) is 4. The van der Waals surface area contributed by atoms with Crippen LogP contribution in [0.15, 0.2) is 42.5 Å². The van der Waals surface area contributed by atoms with Crippen molar-refractivity contribution in [1.82, 2.24) is 5.32 Å². The maximum absolute atomic E-state index is 13.3. The lowest BCUT2D eigenvalue weighted by Gasteiger charge is -2.17. The van der Waals surface area contributed by atoms with E-state index in [9.17, 15) is 13.6 Å². The summed E-state index contributed by atoms with van der Waals surface area (Å²) in [5, 5.41) is 2.74. The highest BCUT2D eigenvalue weighted by Crippen LogP contribution is 2.48. The van der Waals surface area contributed by atoms with E-state index in [-0.39, 0.29) is 12.5 Å². The summed E-state index contributed by atoms with van der Waals surface area (Å²) in [6.07, 6.45) is 0. The molecular formula is C19H19F2NO2S2. The Balaban J connectivity index is 1.58. The van der Waals surface area contributed by atoms with Crippen LogP contribution in [0.5, 0.6) is 5.75 Å². The quantitative estimate of drug-likeness (QED) is 0.769. The maximum Gasteiger partial charge on any atom is 0.258 e. The SMILES string of the molecule is CC(NC(=O)COc1ccccc1C1SCCS1)c1ccc(F)c(F)c1. The van der Waals surface area contributed by atoms with E-state index in [1.807, 2.05) is 47.8 Å². The summed E-state index contributed by atoms with van der Waals surface area (Å²) < 4.78 is 32.4. The topological polar surface area (TPSA) is 38.3 Å². The molecule has 1 unspecified atom stereocenters. The van der Waals surface area contributed by atoms with E-state index in [1.54, 1.807) is 6.92 Å². The molecule has 1 N–H and O–H groups in total. The van der Waals surface area contributed by atoms with Crippen molar-refractivity contribution >= 4 is 29.4 Å². The number of nitrogens with one attached hydrogen (secondary N) is 1. The first-order chi connectivity index (χ1) is 12.5. The molecule has 2 aromatic rings. The van der Waals surface area contributed by atoms with E-state index in [4.69, 9.17) is 4.74 Å². The average molecular weight is 395 g/mol. The summed E-state index contributed by atoms with van der Waals surface area (Å²) >= 11 is 3.74. The van der Waals surface area contributed by atoms with E-state index in [2.05, 4.69) is 5.32 Å². The fraction of sp³-hybridized carbons (Fsp3) is 0.316. The maximum atomic E-state index is 13.3. The third kappa shape index (κ3) is 4.71. The Morgan fingerprint density at radius 1 is 1.19 bits per heavy atom. The number of ether oxygens (including phenoxy) is 1. The predicted octanol–water partition coefficient (Wildman–Crippen LogP) is 4.70. The van der Waals surface area contributed by atoms with Crippen LogP contribution in [0.3, 0.4) is 0 Å². The van der Waals surface area contributed by atoms with Gasteiger partial charge in [-0.2, -0.15) is 0 Å². The first-order valence-electron chi connectivity index (χ1n) is 8.24. The van der Waals surface area contributed by atoms with Gasteiger partial charge in [-0.15, -0.1) is 23.5 Å². The summed E-state index contributed by atoms with van der Waals surface area (Å²) in [6.45, 7) is 1.58. The van der Waals surface area contributed by atoms with Crippen LogP contribution in [0.1, 0.15) is 28.7 Å². The third-order valence-electron chi connectivity index (χ3n) is 3.97. The van der Waals surface area contributed by atoms with E-state index < -0.39 is 17.7 Å². The smallest absolute Gasteiger partial charge is 0.258 e. The van der Waals surface area contributed by atoms with E-state index in [0.717, 1.165) is 29.2 Å². The van der Waals surface area contributed by atoms with Crippen LogP contribution >= 0.6 is 23.5 Å². The predicted molar refractivity (Wildman–Crippen MR) is 103 cm³/mol. The molecule has 0 bridgehead atoms. The highest BCUT2D eigenvalue weighted by Gasteiger charge is 2.22. The normalized spacial score (nSPS) is 15.7. The summed E-state index contributed by atoms with van der Waals surface area (Å²) in [5.41, 5.74) is 1.58.